The fraction of sp³-hybridized carbons (Fsp3) is 0.231. The first kappa shape index (κ1) is 25.0. The lowest BCUT2D eigenvalue weighted by atomic mass is 10.0. The molecule has 1 fully saturated rings. The molecule has 1 aromatic carbocycles. The Hall–Kier alpha value is -3.72. The normalized spacial score (nSPS) is 13.4. The average Bonchev–Trinajstić information content (AvgIpc) is 3.52. The number of pyridine rings is 1. The summed E-state index contributed by atoms with van der Waals surface area (Å²) in [6.07, 6.45) is 1.50. The van der Waals surface area contributed by atoms with Gasteiger partial charge < -0.3 is 23.9 Å². The van der Waals surface area contributed by atoms with Crippen LogP contribution in [0.25, 0.3) is 22.5 Å². The summed E-state index contributed by atoms with van der Waals surface area (Å²) in [6.45, 7) is 4.85. The number of rotatable bonds is 7. The van der Waals surface area contributed by atoms with Gasteiger partial charge >= 0.3 is 5.97 Å². The number of benzene rings is 1. The van der Waals surface area contributed by atoms with E-state index in [9.17, 15) is 15.2 Å². The highest BCUT2D eigenvalue weighted by molar-refractivity contribution is 9.10. The van der Waals surface area contributed by atoms with Gasteiger partial charge in [-0.25, -0.2) is 14.8 Å². The van der Waals surface area contributed by atoms with Gasteiger partial charge in [0.05, 0.1) is 23.8 Å². The van der Waals surface area contributed by atoms with E-state index < -0.39 is 5.97 Å². The fourth-order valence-corrected chi connectivity index (χ4v) is 5.52. The summed E-state index contributed by atoms with van der Waals surface area (Å²) in [7, 11) is 0. The zero-order chi connectivity index (χ0) is 25.9. The van der Waals surface area contributed by atoms with E-state index in [0.717, 1.165) is 35.7 Å². The smallest absolute Gasteiger partial charge is 0.345 e. The minimum Gasteiger partial charge on any atom is -0.477 e. The zero-order valence-corrected chi connectivity index (χ0v) is 22.1. The van der Waals surface area contributed by atoms with Crippen molar-refractivity contribution in [3.05, 3.63) is 68.3 Å². The third-order valence-electron chi connectivity index (χ3n) is 5.84. The first-order chi connectivity index (χ1) is 17.9. The number of aryl methyl sites for hydroxylation is 1. The maximum absolute atomic E-state index is 11.3. The molecule has 4 aromatic rings. The van der Waals surface area contributed by atoms with E-state index in [4.69, 9.17) is 13.9 Å². The number of carbonyl (C=O) groups is 1. The van der Waals surface area contributed by atoms with E-state index in [-0.39, 0.29) is 22.9 Å². The molecule has 11 heteroatoms. The lowest BCUT2D eigenvalue weighted by molar-refractivity contribution is 0.0702. The van der Waals surface area contributed by atoms with E-state index in [1.807, 2.05) is 24.3 Å². The number of ether oxygens (including phenoxy) is 2. The molecule has 9 nitrogen and oxygen atoms in total. The standard InChI is InChI=1S/C26H21BrN4O5S/c1-15-29-22(13-35-15)18-10-21(16-2-4-17(5-3-16)31-6-8-34-9-7-31)30-25(19(18)12-28)36-14-24-20(27)11-23(37-24)26(32)33/h2-5,10-11,13H,6-9,14H2,1H3,(H,32,33). The topological polar surface area (TPSA) is 122 Å². The summed E-state index contributed by atoms with van der Waals surface area (Å²) in [6, 6.07) is 13.6. The summed E-state index contributed by atoms with van der Waals surface area (Å²) in [4.78, 5) is 23.5. The number of anilines is 1. The summed E-state index contributed by atoms with van der Waals surface area (Å²) in [5, 5.41) is 19.3. The van der Waals surface area contributed by atoms with Gasteiger partial charge in [0, 0.05) is 41.3 Å². The van der Waals surface area contributed by atoms with Crippen LogP contribution in [0.15, 0.2) is 51.6 Å². The number of aromatic carboxylic acids is 1. The lowest BCUT2D eigenvalue weighted by Gasteiger charge is -2.28. The highest BCUT2D eigenvalue weighted by Crippen LogP contribution is 2.35. The van der Waals surface area contributed by atoms with Crippen molar-refractivity contribution in [1.82, 2.24) is 9.97 Å². The molecule has 3 aromatic heterocycles. The molecular formula is C26H21BrN4O5S. The Morgan fingerprint density at radius 2 is 1.97 bits per heavy atom. The molecular weight excluding hydrogens is 560 g/mol. The molecule has 0 bridgehead atoms. The van der Waals surface area contributed by atoms with Crippen molar-refractivity contribution in [2.75, 3.05) is 31.2 Å². The van der Waals surface area contributed by atoms with Gasteiger partial charge in [0.25, 0.3) is 0 Å². The van der Waals surface area contributed by atoms with E-state index >= 15 is 0 Å². The molecule has 1 aliphatic heterocycles. The molecule has 0 saturated carbocycles. The SMILES string of the molecule is Cc1nc(-c2cc(-c3ccc(N4CCOCC4)cc3)nc(OCc3sc(C(=O)O)cc3Br)c2C#N)co1. The van der Waals surface area contributed by atoms with Crippen LogP contribution in [0.3, 0.4) is 0 Å². The van der Waals surface area contributed by atoms with Crippen LogP contribution in [-0.2, 0) is 11.3 Å². The molecule has 0 spiro atoms. The summed E-state index contributed by atoms with van der Waals surface area (Å²) < 4.78 is 17.5. The number of halogens is 1. The molecule has 4 heterocycles. The van der Waals surface area contributed by atoms with Crippen molar-refractivity contribution < 1.29 is 23.8 Å². The number of carboxylic acids is 1. The third kappa shape index (κ3) is 5.36. The van der Waals surface area contributed by atoms with Crippen molar-refractivity contribution >= 4 is 38.9 Å². The second-order valence-corrected chi connectivity index (χ2v) is 10.2. The Bertz CT molecular complexity index is 1490. The van der Waals surface area contributed by atoms with E-state index in [2.05, 4.69) is 36.9 Å². The lowest BCUT2D eigenvalue weighted by Crippen LogP contribution is -2.36. The van der Waals surface area contributed by atoms with Crippen LogP contribution in [-0.4, -0.2) is 47.3 Å². The van der Waals surface area contributed by atoms with Crippen LogP contribution in [0.5, 0.6) is 5.88 Å². The Labute approximate surface area is 225 Å². The summed E-state index contributed by atoms with van der Waals surface area (Å²) >= 11 is 4.48. The highest BCUT2D eigenvalue weighted by Gasteiger charge is 2.21. The highest BCUT2D eigenvalue weighted by atomic mass is 79.9. The molecule has 1 saturated heterocycles. The van der Waals surface area contributed by atoms with E-state index in [0.29, 0.717) is 45.4 Å². The first-order valence-corrected chi connectivity index (χ1v) is 13.0. The maximum Gasteiger partial charge on any atom is 0.345 e. The number of hydrogen-bond donors (Lipinski definition) is 1. The number of thiophene rings is 1. The Morgan fingerprint density at radius 3 is 2.59 bits per heavy atom. The van der Waals surface area contributed by atoms with Crippen LogP contribution >= 0.6 is 27.3 Å². The number of hydrogen-bond acceptors (Lipinski definition) is 9. The Kier molecular flexibility index (Phi) is 7.23. The minimum absolute atomic E-state index is 0.0386. The van der Waals surface area contributed by atoms with Crippen LogP contribution in [0, 0.1) is 18.3 Å². The van der Waals surface area contributed by atoms with Crippen molar-refractivity contribution in [1.29, 1.82) is 5.26 Å². The number of oxazole rings is 1. The van der Waals surface area contributed by atoms with Crippen LogP contribution < -0.4 is 9.64 Å². The quantitative estimate of drug-likeness (QED) is 0.301. The van der Waals surface area contributed by atoms with Gasteiger partial charge in [0.15, 0.2) is 5.89 Å². The second kappa shape index (κ2) is 10.7. The van der Waals surface area contributed by atoms with Crippen molar-refractivity contribution in [3.63, 3.8) is 0 Å². The molecule has 0 aliphatic carbocycles. The Morgan fingerprint density at radius 1 is 1.22 bits per heavy atom. The van der Waals surface area contributed by atoms with Crippen molar-refractivity contribution in [2.24, 2.45) is 0 Å². The van der Waals surface area contributed by atoms with Crippen LogP contribution in [0.1, 0.15) is 26.0 Å². The van der Waals surface area contributed by atoms with E-state index in [1.165, 1.54) is 12.3 Å². The van der Waals surface area contributed by atoms with Crippen LogP contribution in [0.2, 0.25) is 0 Å². The Balaban J connectivity index is 1.52. The molecule has 5 rings (SSSR count). The van der Waals surface area contributed by atoms with Gasteiger partial charge in [-0.2, -0.15) is 5.26 Å². The van der Waals surface area contributed by atoms with E-state index in [1.54, 1.807) is 13.0 Å². The van der Waals surface area contributed by atoms with Gasteiger partial charge in [-0.1, -0.05) is 12.1 Å². The molecule has 1 aliphatic rings. The number of morpholine rings is 1. The number of aromatic nitrogens is 2. The predicted molar refractivity (Wildman–Crippen MR) is 141 cm³/mol. The predicted octanol–water partition coefficient (Wildman–Crippen LogP) is 5.52. The summed E-state index contributed by atoms with van der Waals surface area (Å²) in [5.74, 6) is -0.414. The molecule has 37 heavy (non-hydrogen) atoms. The third-order valence-corrected chi connectivity index (χ3v) is 7.91. The van der Waals surface area contributed by atoms with Gasteiger partial charge in [-0.15, -0.1) is 11.3 Å². The van der Waals surface area contributed by atoms with Crippen molar-refractivity contribution in [3.8, 4) is 34.5 Å². The minimum atomic E-state index is -1.01. The molecule has 0 atom stereocenters. The zero-order valence-electron chi connectivity index (χ0n) is 19.7. The van der Waals surface area contributed by atoms with Gasteiger partial charge in [0.2, 0.25) is 5.88 Å². The second-order valence-electron chi connectivity index (χ2n) is 8.22. The van der Waals surface area contributed by atoms with Gasteiger partial charge in [0.1, 0.15) is 35.1 Å². The first-order valence-electron chi connectivity index (χ1n) is 11.4. The maximum atomic E-state index is 11.3. The molecule has 188 valence electrons. The molecule has 0 radical (unpaired) electrons. The number of nitrogens with zero attached hydrogens (tertiary/aromatic N) is 4. The van der Waals surface area contributed by atoms with Gasteiger partial charge in [-0.3, -0.25) is 0 Å². The summed E-state index contributed by atoms with van der Waals surface area (Å²) in [5.41, 5.74) is 3.80. The number of nitriles is 1. The fourth-order valence-electron chi connectivity index (χ4n) is 3.98. The number of carboxylic acid groups (broad SMARTS) is 1. The monoisotopic (exact) mass is 580 g/mol. The molecule has 1 N–H and O–H groups in total. The molecule has 0 unspecified atom stereocenters. The average molecular weight is 581 g/mol. The molecule has 0 amide bonds. The van der Waals surface area contributed by atoms with Gasteiger partial charge in [-0.05, 0) is 40.2 Å². The van der Waals surface area contributed by atoms with Crippen molar-refractivity contribution in [2.45, 2.75) is 13.5 Å². The largest absolute Gasteiger partial charge is 0.477 e. The van der Waals surface area contributed by atoms with Crippen LogP contribution in [0.4, 0.5) is 5.69 Å².